The molecular weight excluding hydrogens is 282 g/mol. The molecular formula is C17H19NO2S. The Bertz CT molecular complexity index is 586. The number of benzene rings is 2. The van der Waals surface area contributed by atoms with Crippen LogP contribution in [0.3, 0.4) is 0 Å². The zero-order valence-corrected chi connectivity index (χ0v) is 13.0. The van der Waals surface area contributed by atoms with Gasteiger partial charge >= 0.3 is 0 Å². The SMILES string of the molecule is CC[C@H](Oc1ccccc1)C(=O)Nc1ccccc1SC. The highest BCUT2D eigenvalue weighted by molar-refractivity contribution is 7.98. The first-order chi connectivity index (χ1) is 10.2. The summed E-state index contributed by atoms with van der Waals surface area (Å²) in [7, 11) is 0. The van der Waals surface area contributed by atoms with Gasteiger partial charge in [-0.1, -0.05) is 37.3 Å². The van der Waals surface area contributed by atoms with E-state index in [1.54, 1.807) is 11.8 Å². The quantitative estimate of drug-likeness (QED) is 0.812. The van der Waals surface area contributed by atoms with Gasteiger partial charge < -0.3 is 10.1 Å². The predicted molar refractivity (Wildman–Crippen MR) is 88.0 cm³/mol. The van der Waals surface area contributed by atoms with Crippen molar-refractivity contribution in [3.05, 3.63) is 54.6 Å². The van der Waals surface area contributed by atoms with Crippen molar-refractivity contribution in [2.45, 2.75) is 24.3 Å². The molecule has 0 unspecified atom stereocenters. The Hall–Kier alpha value is -1.94. The summed E-state index contributed by atoms with van der Waals surface area (Å²) in [6.07, 6.45) is 2.10. The molecule has 2 aromatic rings. The Morgan fingerprint density at radius 3 is 2.48 bits per heavy atom. The van der Waals surface area contributed by atoms with E-state index in [9.17, 15) is 4.79 Å². The number of hydrogen-bond acceptors (Lipinski definition) is 3. The summed E-state index contributed by atoms with van der Waals surface area (Å²) in [4.78, 5) is 13.4. The number of carbonyl (C=O) groups excluding carboxylic acids is 1. The van der Waals surface area contributed by atoms with Crippen LogP contribution in [0, 0.1) is 0 Å². The third-order valence-electron chi connectivity index (χ3n) is 3.05. The van der Waals surface area contributed by atoms with Gasteiger partial charge in [-0.05, 0) is 36.9 Å². The van der Waals surface area contributed by atoms with Crippen molar-refractivity contribution in [2.24, 2.45) is 0 Å². The summed E-state index contributed by atoms with van der Waals surface area (Å²) < 4.78 is 5.75. The summed E-state index contributed by atoms with van der Waals surface area (Å²) in [5.41, 5.74) is 0.824. The van der Waals surface area contributed by atoms with Crippen molar-refractivity contribution in [2.75, 3.05) is 11.6 Å². The fourth-order valence-corrected chi connectivity index (χ4v) is 2.50. The Morgan fingerprint density at radius 2 is 1.81 bits per heavy atom. The third-order valence-corrected chi connectivity index (χ3v) is 3.85. The van der Waals surface area contributed by atoms with Crippen molar-refractivity contribution in [3.63, 3.8) is 0 Å². The fourth-order valence-electron chi connectivity index (χ4n) is 1.95. The van der Waals surface area contributed by atoms with E-state index in [1.165, 1.54) is 0 Å². The predicted octanol–water partition coefficient (Wildman–Crippen LogP) is 4.20. The van der Waals surface area contributed by atoms with E-state index in [1.807, 2.05) is 67.8 Å². The average Bonchev–Trinajstić information content (AvgIpc) is 2.54. The molecule has 0 radical (unpaired) electrons. The van der Waals surface area contributed by atoms with Gasteiger partial charge in [0, 0.05) is 4.90 Å². The van der Waals surface area contributed by atoms with Gasteiger partial charge in [0.05, 0.1) is 5.69 Å². The molecule has 2 rings (SSSR count). The highest BCUT2D eigenvalue weighted by atomic mass is 32.2. The molecule has 0 aliphatic rings. The Morgan fingerprint density at radius 1 is 1.14 bits per heavy atom. The lowest BCUT2D eigenvalue weighted by Gasteiger charge is -2.18. The lowest BCUT2D eigenvalue weighted by atomic mass is 10.2. The van der Waals surface area contributed by atoms with Gasteiger partial charge in [-0.25, -0.2) is 0 Å². The maximum Gasteiger partial charge on any atom is 0.265 e. The minimum Gasteiger partial charge on any atom is -0.481 e. The number of anilines is 1. The minimum absolute atomic E-state index is 0.122. The van der Waals surface area contributed by atoms with Crippen LogP contribution >= 0.6 is 11.8 Å². The van der Waals surface area contributed by atoms with Crippen molar-refractivity contribution in [1.82, 2.24) is 0 Å². The zero-order valence-electron chi connectivity index (χ0n) is 12.2. The largest absolute Gasteiger partial charge is 0.481 e. The molecule has 0 aromatic heterocycles. The molecule has 0 heterocycles. The molecule has 0 aliphatic heterocycles. The monoisotopic (exact) mass is 301 g/mol. The number of nitrogens with one attached hydrogen (secondary N) is 1. The zero-order chi connectivity index (χ0) is 15.1. The third kappa shape index (κ3) is 4.26. The number of thioether (sulfide) groups is 1. The highest BCUT2D eigenvalue weighted by Gasteiger charge is 2.19. The first-order valence-corrected chi connectivity index (χ1v) is 8.12. The standard InChI is InChI=1S/C17H19NO2S/c1-3-15(20-13-9-5-4-6-10-13)17(19)18-14-11-7-8-12-16(14)21-2/h4-12,15H,3H2,1-2H3,(H,18,19)/t15-/m0/s1. The molecule has 0 aliphatic carbocycles. The molecule has 21 heavy (non-hydrogen) atoms. The van der Waals surface area contributed by atoms with Crippen LogP contribution in [0.15, 0.2) is 59.5 Å². The molecule has 2 aromatic carbocycles. The number of carbonyl (C=O) groups is 1. The van der Waals surface area contributed by atoms with E-state index in [0.29, 0.717) is 12.2 Å². The minimum atomic E-state index is -0.498. The number of ether oxygens (including phenoxy) is 1. The van der Waals surface area contributed by atoms with Crippen molar-refractivity contribution in [1.29, 1.82) is 0 Å². The van der Waals surface area contributed by atoms with Crippen molar-refractivity contribution < 1.29 is 9.53 Å². The molecule has 110 valence electrons. The van der Waals surface area contributed by atoms with E-state index in [-0.39, 0.29) is 5.91 Å². The van der Waals surface area contributed by atoms with Gasteiger partial charge in [0.25, 0.3) is 5.91 Å². The first-order valence-electron chi connectivity index (χ1n) is 6.90. The van der Waals surface area contributed by atoms with Crippen LogP contribution in [-0.4, -0.2) is 18.3 Å². The number of para-hydroxylation sites is 2. The van der Waals surface area contributed by atoms with E-state index in [2.05, 4.69) is 5.32 Å². The number of hydrogen-bond donors (Lipinski definition) is 1. The molecule has 1 amide bonds. The Labute approximate surface area is 129 Å². The van der Waals surface area contributed by atoms with Crippen LogP contribution in [0.2, 0.25) is 0 Å². The molecule has 1 N–H and O–H groups in total. The van der Waals surface area contributed by atoms with Gasteiger partial charge in [-0.15, -0.1) is 11.8 Å². The molecule has 0 saturated carbocycles. The van der Waals surface area contributed by atoms with Crippen LogP contribution < -0.4 is 10.1 Å². The van der Waals surface area contributed by atoms with Crippen LogP contribution in [0.4, 0.5) is 5.69 Å². The lowest BCUT2D eigenvalue weighted by Crippen LogP contribution is -2.32. The van der Waals surface area contributed by atoms with E-state index < -0.39 is 6.10 Å². The first kappa shape index (κ1) is 15.4. The second kappa shape index (κ2) is 7.74. The maximum atomic E-state index is 12.4. The van der Waals surface area contributed by atoms with Crippen LogP contribution in [-0.2, 0) is 4.79 Å². The van der Waals surface area contributed by atoms with E-state index >= 15 is 0 Å². The summed E-state index contributed by atoms with van der Waals surface area (Å²) in [5, 5.41) is 2.95. The molecule has 0 bridgehead atoms. The molecule has 0 saturated heterocycles. The van der Waals surface area contributed by atoms with Gasteiger partial charge in [0.2, 0.25) is 0 Å². The van der Waals surface area contributed by atoms with E-state index in [4.69, 9.17) is 4.74 Å². The molecule has 4 heteroatoms. The normalized spacial score (nSPS) is 11.7. The summed E-state index contributed by atoms with van der Waals surface area (Å²) >= 11 is 1.61. The summed E-state index contributed by atoms with van der Waals surface area (Å²) in [5.74, 6) is 0.584. The van der Waals surface area contributed by atoms with Crippen molar-refractivity contribution in [3.8, 4) is 5.75 Å². The maximum absolute atomic E-state index is 12.4. The van der Waals surface area contributed by atoms with E-state index in [0.717, 1.165) is 10.6 Å². The molecule has 0 spiro atoms. The van der Waals surface area contributed by atoms with Crippen LogP contribution in [0.25, 0.3) is 0 Å². The highest BCUT2D eigenvalue weighted by Crippen LogP contribution is 2.25. The molecule has 1 atom stereocenters. The number of amides is 1. The lowest BCUT2D eigenvalue weighted by molar-refractivity contribution is -0.122. The smallest absolute Gasteiger partial charge is 0.265 e. The number of rotatable bonds is 6. The Kier molecular flexibility index (Phi) is 5.69. The fraction of sp³-hybridized carbons (Fsp3) is 0.235. The van der Waals surface area contributed by atoms with Crippen LogP contribution in [0.1, 0.15) is 13.3 Å². The van der Waals surface area contributed by atoms with Crippen LogP contribution in [0.5, 0.6) is 5.75 Å². The molecule has 3 nitrogen and oxygen atoms in total. The second-order valence-electron chi connectivity index (χ2n) is 4.52. The summed E-state index contributed by atoms with van der Waals surface area (Å²) in [6, 6.07) is 17.2. The van der Waals surface area contributed by atoms with Crippen molar-refractivity contribution >= 4 is 23.4 Å². The molecule has 0 fully saturated rings. The van der Waals surface area contributed by atoms with Gasteiger partial charge in [0.15, 0.2) is 6.10 Å². The van der Waals surface area contributed by atoms with Gasteiger partial charge in [-0.3, -0.25) is 4.79 Å². The topological polar surface area (TPSA) is 38.3 Å². The summed E-state index contributed by atoms with van der Waals surface area (Å²) in [6.45, 7) is 1.94. The van der Waals surface area contributed by atoms with Gasteiger partial charge in [0.1, 0.15) is 5.75 Å². The average molecular weight is 301 g/mol. The second-order valence-corrected chi connectivity index (χ2v) is 5.37. The van der Waals surface area contributed by atoms with Gasteiger partial charge in [-0.2, -0.15) is 0 Å². The Balaban J connectivity index is 2.06.